The fourth-order valence-electron chi connectivity index (χ4n) is 5.12. The Morgan fingerprint density at radius 3 is 2.53 bits per heavy atom. The summed E-state index contributed by atoms with van der Waals surface area (Å²) in [7, 11) is 1.70. The Kier molecular flexibility index (Phi) is 5.51. The molecule has 1 aromatic heterocycles. The summed E-state index contributed by atoms with van der Waals surface area (Å²) in [4.78, 5) is 35.7. The number of nitrogens with zero attached hydrogens (tertiary/aromatic N) is 3. The van der Waals surface area contributed by atoms with Gasteiger partial charge in [-0.3, -0.25) is 19.5 Å². The Balaban J connectivity index is 1.07. The Labute approximate surface area is 186 Å². The third-order valence-electron chi connectivity index (χ3n) is 6.65. The van der Waals surface area contributed by atoms with Gasteiger partial charge >= 0.3 is 0 Å². The lowest BCUT2D eigenvalue weighted by Crippen LogP contribution is -2.39. The molecule has 2 aromatic rings. The van der Waals surface area contributed by atoms with Gasteiger partial charge in [-0.2, -0.15) is 0 Å². The molecule has 0 radical (unpaired) electrons. The number of imide groups is 1. The van der Waals surface area contributed by atoms with Crippen LogP contribution in [0.2, 0.25) is 0 Å². The number of carbonyl (C=O) groups is 2. The summed E-state index contributed by atoms with van der Waals surface area (Å²) in [6, 6.07) is 9.74. The first-order valence-corrected chi connectivity index (χ1v) is 11.1. The van der Waals surface area contributed by atoms with Crippen LogP contribution < -0.4 is 10.6 Å². The molecule has 0 spiro atoms. The number of nitrogens with one attached hydrogen (secondary N) is 2. The van der Waals surface area contributed by atoms with Gasteiger partial charge in [-0.05, 0) is 36.8 Å². The highest BCUT2D eigenvalue weighted by Gasteiger charge is 2.58. The molecule has 2 amide bonds. The van der Waals surface area contributed by atoms with Gasteiger partial charge < -0.3 is 15.1 Å². The zero-order valence-corrected chi connectivity index (χ0v) is 18.0. The van der Waals surface area contributed by atoms with Crippen LogP contribution in [-0.4, -0.2) is 47.8 Å². The average molecular weight is 434 g/mol. The number of carbonyl (C=O) groups excluding carboxylic acids is 2. The predicted octanol–water partition coefficient (Wildman–Crippen LogP) is 2.20. The summed E-state index contributed by atoms with van der Waals surface area (Å²) in [5, 5.41) is 6.44. The van der Waals surface area contributed by atoms with Crippen LogP contribution in [0.4, 0.5) is 0 Å². The molecule has 1 aromatic carbocycles. The van der Waals surface area contributed by atoms with Crippen LogP contribution in [0.3, 0.4) is 0 Å². The van der Waals surface area contributed by atoms with Crippen molar-refractivity contribution in [2.75, 3.05) is 20.1 Å². The van der Waals surface area contributed by atoms with Crippen molar-refractivity contribution in [2.24, 2.45) is 28.7 Å². The van der Waals surface area contributed by atoms with Crippen molar-refractivity contribution in [3.05, 3.63) is 54.4 Å². The molecule has 2 aliphatic carbocycles. The number of hydrogen-bond donors (Lipinski definition) is 2. The van der Waals surface area contributed by atoms with Gasteiger partial charge in [-0.1, -0.05) is 30.4 Å². The minimum atomic E-state index is -0.122. The van der Waals surface area contributed by atoms with Gasteiger partial charge in [0.2, 0.25) is 17.7 Å². The summed E-state index contributed by atoms with van der Waals surface area (Å²) < 4.78 is 5.56. The van der Waals surface area contributed by atoms with E-state index in [2.05, 4.69) is 32.8 Å². The summed E-state index contributed by atoms with van der Waals surface area (Å²) >= 11 is 0. The molecule has 32 heavy (non-hydrogen) atoms. The Morgan fingerprint density at radius 1 is 1.12 bits per heavy atom. The molecule has 8 heteroatoms. The van der Waals surface area contributed by atoms with Crippen LogP contribution in [-0.2, 0) is 16.1 Å². The number of likely N-dealkylation sites (tertiary alicyclic amines) is 1. The number of aliphatic imine (C=N–C) groups is 1. The summed E-state index contributed by atoms with van der Waals surface area (Å²) in [6.45, 7) is 1.52. The van der Waals surface area contributed by atoms with Gasteiger partial charge in [0.25, 0.3) is 0 Å². The van der Waals surface area contributed by atoms with E-state index in [1.807, 2.05) is 30.3 Å². The third-order valence-corrected chi connectivity index (χ3v) is 6.65. The van der Waals surface area contributed by atoms with Gasteiger partial charge in [0.05, 0.1) is 24.1 Å². The third kappa shape index (κ3) is 3.70. The first-order chi connectivity index (χ1) is 15.7. The van der Waals surface area contributed by atoms with Crippen LogP contribution in [0.1, 0.15) is 18.5 Å². The highest BCUT2D eigenvalue weighted by atomic mass is 16.3. The summed E-state index contributed by atoms with van der Waals surface area (Å²) in [5.74, 6) is 1.51. The fraction of sp³-hybridized carbons (Fsp3) is 0.417. The first kappa shape index (κ1) is 20.5. The second kappa shape index (κ2) is 8.61. The molecule has 5 rings (SSSR count). The molecule has 2 bridgehead atoms. The van der Waals surface area contributed by atoms with E-state index in [0.717, 1.165) is 17.7 Å². The molecule has 2 fully saturated rings. The van der Waals surface area contributed by atoms with Crippen molar-refractivity contribution < 1.29 is 14.0 Å². The lowest BCUT2D eigenvalue weighted by atomic mass is 9.85. The fourth-order valence-corrected chi connectivity index (χ4v) is 5.12. The number of allylic oxidation sites excluding steroid dienone is 2. The van der Waals surface area contributed by atoms with Gasteiger partial charge in [0.1, 0.15) is 6.26 Å². The standard InChI is InChI=1S/C24H27N5O3/c1-25-24(27-13-18-14-32-21(28-18)15-6-3-2-4-7-15)26-10-5-11-29-22(30)19-16-8-9-17(12-16)20(19)23(29)31/h2-4,6-9,14,16-17,19-20H,5,10-13H2,1H3,(H2,25,26,27). The van der Waals surface area contributed by atoms with Crippen LogP contribution in [0.5, 0.6) is 0 Å². The maximum Gasteiger partial charge on any atom is 0.233 e. The van der Waals surface area contributed by atoms with Crippen molar-refractivity contribution in [1.82, 2.24) is 20.5 Å². The van der Waals surface area contributed by atoms with Gasteiger partial charge in [-0.25, -0.2) is 4.98 Å². The Hall–Kier alpha value is -3.42. The van der Waals surface area contributed by atoms with Crippen molar-refractivity contribution in [3.63, 3.8) is 0 Å². The first-order valence-electron chi connectivity index (χ1n) is 11.1. The van der Waals surface area contributed by atoms with Crippen LogP contribution in [0, 0.1) is 23.7 Å². The summed E-state index contributed by atoms with van der Waals surface area (Å²) in [5.41, 5.74) is 1.70. The molecule has 8 nitrogen and oxygen atoms in total. The molecular weight excluding hydrogens is 406 g/mol. The minimum Gasteiger partial charge on any atom is -0.444 e. The number of guanidine groups is 1. The van der Waals surface area contributed by atoms with Gasteiger partial charge in [0, 0.05) is 25.7 Å². The molecule has 166 valence electrons. The number of hydrogen-bond acceptors (Lipinski definition) is 5. The zero-order chi connectivity index (χ0) is 22.1. The van der Waals surface area contributed by atoms with Crippen LogP contribution in [0.25, 0.3) is 11.5 Å². The molecule has 2 N–H and O–H groups in total. The normalized spacial score (nSPS) is 26.2. The quantitative estimate of drug-likeness (QED) is 0.228. The van der Waals surface area contributed by atoms with Crippen LogP contribution >= 0.6 is 0 Å². The largest absolute Gasteiger partial charge is 0.444 e. The van der Waals surface area contributed by atoms with Crippen molar-refractivity contribution in [3.8, 4) is 11.5 Å². The maximum atomic E-state index is 12.7. The minimum absolute atomic E-state index is 0.0135. The number of oxazole rings is 1. The number of benzene rings is 1. The molecule has 1 aliphatic heterocycles. The van der Waals surface area contributed by atoms with Gasteiger partial charge in [-0.15, -0.1) is 0 Å². The molecule has 1 saturated carbocycles. The van der Waals surface area contributed by atoms with Crippen molar-refractivity contribution >= 4 is 17.8 Å². The van der Waals surface area contributed by atoms with E-state index in [9.17, 15) is 9.59 Å². The Morgan fingerprint density at radius 2 is 1.84 bits per heavy atom. The average Bonchev–Trinajstić information content (AvgIpc) is 3.60. The van der Waals surface area contributed by atoms with Gasteiger partial charge in [0.15, 0.2) is 5.96 Å². The van der Waals surface area contributed by atoms with E-state index in [1.165, 1.54) is 4.90 Å². The lowest BCUT2D eigenvalue weighted by Gasteiger charge is -2.17. The molecule has 4 unspecified atom stereocenters. The number of rotatable bonds is 7. The molecule has 1 saturated heterocycles. The lowest BCUT2D eigenvalue weighted by molar-refractivity contribution is -0.140. The van der Waals surface area contributed by atoms with E-state index in [-0.39, 0.29) is 35.5 Å². The SMILES string of the molecule is CN=C(NCCCN1C(=O)C2C3C=CC(C3)C2C1=O)NCc1coc(-c2ccccc2)n1. The smallest absolute Gasteiger partial charge is 0.233 e. The molecular formula is C24H27N5O3. The molecule has 4 atom stereocenters. The topological polar surface area (TPSA) is 99.8 Å². The summed E-state index contributed by atoms with van der Waals surface area (Å²) in [6.07, 6.45) is 7.50. The highest BCUT2D eigenvalue weighted by molar-refractivity contribution is 6.06. The van der Waals surface area contributed by atoms with Crippen molar-refractivity contribution in [1.29, 1.82) is 0 Å². The van der Waals surface area contributed by atoms with E-state index in [4.69, 9.17) is 4.42 Å². The second-order valence-electron chi connectivity index (χ2n) is 8.54. The number of aromatic nitrogens is 1. The van der Waals surface area contributed by atoms with Crippen LogP contribution in [0.15, 0.2) is 58.2 Å². The zero-order valence-electron chi connectivity index (χ0n) is 18.0. The number of fused-ring (bicyclic) bond motifs is 5. The maximum absolute atomic E-state index is 12.7. The molecule has 2 heterocycles. The van der Waals surface area contributed by atoms with E-state index < -0.39 is 0 Å². The molecule has 3 aliphatic rings. The second-order valence-corrected chi connectivity index (χ2v) is 8.54. The van der Waals surface area contributed by atoms with E-state index in [1.54, 1.807) is 13.3 Å². The van der Waals surface area contributed by atoms with Crippen molar-refractivity contribution in [2.45, 2.75) is 19.4 Å². The van der Waals surface area contributed by atoms with E-state index in [0.29, 0.717) is 37.9 Å². The monoisotopic (exact) mass is 433 g/mol. The Bertz CT molecular complexity index is 1030. The van der Waals surface area contributed by atoms with E-state index >= 15 is 0 Å². The number of amides is 2. The highest BCUT2D eigenvalue weighted by Crippen LogP contribution is 2.52. The predicted molar refractivity (Wildman–Crippen MR) is 119 cm³/mol.